The second-order valence-corrected chi connectivity index (χ2v) is 2.80. The summed E-state index contributed by atoms with van der Waals surface area (Å²) in [6, 6.07) is 1.88. The van der Waals surface area contributed by atoms with Crippen molar-refractivity contribution in [3.8, 4) is 0 Å². The summed E-state index contributed by atoms with van der Waals surface area (Å²) in [4.78, 5) is 4.19. The van der Waals surface area contributed by atoms with E-state index in [1.54, 1.807) is 17.1 Å². The lowest BCUT2D eigenvalue weighted by Crippen LogP contribution is -1.95. The lowest BCUT2D eigenvalue weighted by Gasteiger charge is -1.97. The Labute approximate surface area is 75.1 Å². The van der Waals surface area contributed by atoms with E-state index >= 15 is 0 Å². The number of hydrogen-bond donors (Lipinski definition) is 1. The molecule has 68 valence electrons. The van der Waals surface area contributed by atoms with Crippen molar-refractivity contribution in [2.75, 3.05) is 6.61 Å². The molecule has 13 heavy (non-hydrogen) atoms. The lowest BCUT2D eigenvalue weighted by molar-refractivity contribution is 0.288. The van der Waals surface area contributed by atoms with Crippen LogP contribution in [0.3, 0.4) is 0 Å². The van der Waals surface area contributed by atoms with E-state index in [9.17, 15) is 0 Å². The van der Waals surface area contributed by atoms with Crippen LogP contribution >= 0.6 is 0 Å². The average molecular weight is 178 g/mol. The standard InChI is InChI=1S/C8H10N4O/c13-3-1-2-7-4-8-11-10-6-12(8)5-9-7/h4-6,13H,1-3H2. The molecule has 0 amide bonds. The molecule has 0 aromatic carbocycles. The monoisotopic (exact) mass is 178 g/mol. The normalized spacial score (nSPS) is 10.8. The molecule has 0 saturated carbocycles. The average Bonchev–Trinajstić information content (AvgIpc) is 2.61. The number of aliphatic hydroxyl groups is 1. The SMILES string of the molecule is OCCCc1cc2nncn2cn1. The van der Waals surface area contributed by atoms with E-state index in [2.05, 4.69) is 15.2 Å². The Morgan fingerprint density at radius 1 is 1.38 bits per heavy atom. The summed E-state index contributed by atoms with van der Waals surface area (Å²) in [5.74, 6) is 0. The molecule has 0 atom stereocenters. The molecule has 2 heterocycles. The number of fused-ring (bicyclic) bond motifs is 1. The van der Waals surface area contributed by atoms with Crippen molar-refractivity contribution >= 4 is 5.65 Å². The van der Waals surface area contributed by atoms with E-state index in [1.165, 1.54) is 0 Å². The third-order valence-electron chi connectivity index (χ3n) is 1.84. The minimum Gasteiger partial charge on any atom is -0.396 e. The molecule has 0 spiro atoms. The van der Waals surface area contributed by atoms with Crippen LogP contribution in [0.1, 0.15) is 12.1 Å². The molecule has 1 N–H and O–H groups in total. The van der Waals surface area contributed by atoms with Gasteiger partial charge < -0.3 is 5.11 Å². The van der Waals surface area contributed by atoms with Crippen LogP contribution in [-0.2, 0) is 6.42 Å². The molecule has 0 saturated heterocycles. The summed E-state index contributed by atoms with van der Waals surface area (Å²) in [7, 11) is 0. The first-order valence-electron chi connectivity index (χ1n) is 4.15. The molecule has 0 unspecified atom stereocenters. The van der Waals surface area contributed by atoms with Gasteiger partial charge in [-0.3, -0.25) is 4.40 Å². The van der Waals surface area contributed by atoms with E-state index in [-0.39, 0.29) is 6.61 Å². The highest BCUT2D eigenvalue weighted by Gasteiger charge is 1.98. The van der Waals surface area contributed by atoms with Gasteiger partial charge in [0.15, 0.2) is 5.65 Å². The molecule has 0 aliphatic rings. The minimum absolute atomic E-state index is 0.194. The van der Waals surface area contributed by atoms with Crippen molar-refractivity contribution in [2.24, 2.45) is 0 Å². The van der Waals surface area contributed by atoms with Gasteiger partial charge >= 0.3 is 0 Å². The quantitative estimate of drug-likeness (QED) is 0.721. The Kier molecular flexibility index (Phi) is 2.18. The molecule has 0 bridgehead atoms. The van der Waals surface area contributed by atoms with E-state index in [0.717, 1.165) is 24.2 Å². The molecule has 0 aliphatic carbocycles. The van der Waals surface area contributed by atoms with Gasteiger partial charge in [0.25, 0.3) is 0 Å². The third kappa shape index (κ3) is 1.65. The van der Waals surface area contributed by atoms with Gasteiger partial charge in [-0.25, -0.2) is 4.98 Å². The summed E-state index contributed by atoms with van der Waals surface area (Å²) in [6.07, 6.45) is 4.80. The van der Waals surface area contributed by atoms with Crippen LogP contribution in [0, 0.1) is 0 Å². The number of aryl methyl sites for hydroxylation is 1. The van der Waals surface area contributed by atoms with Crippen LogP contribution in [0.25, 0.3) is 5.65 Å². The summed E-state index contributed by atoms with van der Waals surface area (Å²) >= 11 is 0. The Morgan fingerprint density at radius 3 is 3.15 bits per heavy atom. The highest BCUT2D eigenvalue weighted by Crippen LogP contribution is 2.02. The fraction of sp³-hybridized carbons (Fsp3) is 0.375. The molecule has 2 rings (SSSR count). The second kappa shape index (κ2) is 3.49. The molecule has 0 aliphatic heterocycles. The maximum Gasteiger partial charge on any atom is 0.163 e. The summed E-state index contributed by atoms with van der Waals surface area (Å²) in [5, 5.41) is 16.3. The van der Waals surface area contributed by atoms with Gasteiger partial charge in [-0.1, -0.05) is 0 Å². The van der Waals surface area contributed by atoms with E-state index < -0.39 is 0 Å². The Morgan fingerprint density at radius 2 is 2.31 bits per heavy atom. The number of aliphatic hydroxyl groups excluding tert-OH is 1. The zero-order chi connectivity index (χ0) is 9.10. The third-order valence-corrected chi connectivity index (χ3v) is 1.84. The number of nitrogens with zero attached hydrogens (tertiary/aromatic N) is 4. The van der Waals surface area contributed by atoms with Gasteiger partial charge in [-0.2, -0.15) is 0 Å². The summed E-state index contributed by atoms with van der Waals surface area (Å²) < 4.78 is 1.75. The van der Waals surface area contributed by atoms with Crippen LogP contribution in [-0.4, -0.2) is 31.3 Å². The Balaban J connectivity index is 2.26. The van der Waals surface area contributed by atoms with E-state index in [4.69, 9.17) is 5.11 Å². The first-order chi connectivity index (χ1) is 6.40. The van der Waals surface area contributed by atoms with Crippen molar-refractivity contribution in [2.45, 2.75) is 12.8 Å². The number of aromatic nitrogens is 4. The summed E-state index contributed by atoms with van der Waals surface area (Å²) in [5.41, 5.74) is 1.73. The summed E-state index contributed by atoms with van der Waals surface area (Å²) in [6.45, 7) is 0.194. The topological polar surface area (TPSA) is 63.3 Å². The van der Waals surface area contributed by atoms with Crippen molar-refractivity contribution < 1.29 is 5.11 Å². The maximum absolute atomic E-state index is 8.64. The van der Waals surface area contributed by atoms with Gasteiger partial charge in [-0.15, -0.1) is 10.2 Å². The molecule has 5 heteroatoms. The van der Waals surface area contributed by atoms with Crippen LogP contribution in [0.4, 0.5) is 0 Å². The van der Waals surface area contributed by atoms with Crippen LogP contribution < -0.4 is 0 Å². The highest BCUT2D eigenvalue weighted by atomic mass is 16.2. The van der Waals surface area contributed by atoms with E-state index in [0.29, 0.717) is 0 Å². The first-order valence-corrected chi connectivity index (χ1v) is 4.15. The van der Waals surface area contributed by atoms with Gasteiger partial charge in [0.1, 0.15) is 12.7 Å². The molecule has 2 aromatic heterocycles. The van der Waals surface area contributed by atoms with E-state index in [1.807, 2.05) is 6.07 Å². The Bertz CT molecular complexity index is 398. The highest BCUT2D eigenvalue weighted by molar-refractivity contribution is 5.36. The Hall–Kier alpha value is -1.49. The van der Waals surface area contributed by atoms with Crippen molar-refractivity contribution in [1.82, 2.24) is 19.6 Å². The van der Waals surface area contributed by atoms with Gasteiger partial charge in [-0.05, 0) is 12.8 Å². The van der Waals surface area contributed by atoms with Crippen LogP contribution in [0.2, 0.25) is 0 Å². The zero-order valence-electron chi connectivity index (χ0n) is 7.09. The fourth-order valence-electron chi connectivity index (χ4n) is 1.16. The smallest absolute Gasteiger partial charge is 0.163 e. The molecule has 0 fully saturated rings. The zero-order valence-corrected chi connectivity index (χ0v) is 7.09. The fourth-order valence-corrected chi connectivity index (χ4v) is 1.16. The minimum atomic E-state index is 0.194. The predicted molar refractivity (Wildman–Crippen MR) is 46.2 cm³/mol. The van der Waals surface area contributed by atoms with Crippen LogP contribution in [0.5, 0.6) is 0 Å². The lowest BCUT2D eigenvalue weighted by atomic mass is 10.2. The van der Waals surface area contributed by atoms with Crippen LogP contribution in [0.15, 0.2) is 18.7 Å². The number of hydrogen-bond acceptors (Lipinski definition) is 4. The second-order valence-electron chi connectivity index (χ2n) is 2.80. The maximum atomic E-state index is 8.64. The largest absolute Gasteiger partial charge is 0.396 e. The molecular weight excluding hydrogens is 168 g/mol. The van der Waals surface area contributed by atoms with Gasteiger partial charge in [0, 0.05) is 18.4 Å². The first kappa shape index (κ1) is 8.12. The van der Waals surface area contributed by atoms with Gasteiger partial charge in [0.2, 0.25) is 0 Å². The molecule has 5 nitrogen and oxygen atoms in total. The molecular formula is C8H10N4O. The van der Waals surface area contributed by atoms with Gasteiger partial charge in [0.05, 0.1) is 0 Å². The van der Waals surface area contributed by atoms with Crippen molar-refractivity contribution in [1.29, 1.82) is 0 Å². The number of rotatable bonds is 3. The van der Waals surface area contributed by atoms with Crippen molar-refractivity contribution in [3.63, 3.8) is 0 Å². The molecule has 2 aromatic rings. The predicted octanol–water partition coefficient (Wildman–Crippen LogP) is 0.0492. The van der Waals surface area contributed by atoms with Crippen molar-refractivity contribution in [3.05, 3.63) is 24.4 Å². The molecule has 0 radical (unpaired) electrons.